The third-order valence-corrected chi connectivity index (χ3v) is 5.28. The average Bonchev–Trinajstić information content (AvgIpc) is 3.44. The Balaban J connectivity index is 1.52. The van der Waals surface area contributed by atoms with Gasteiger partial charge in [-0.1, -0.05) is 12.1 Å². The van der Waals surface area contributed by atoms with Gasteiger partial charge in [0.1, 0.15) is 6.54 Å². The number of fused-ring (bicyclic) bond motifs is 1. The summed E-state index contributed by atoms with van der Waals surface area (Å²) in [5.41, 5.74) is 3.54. The lowest BCUT2D eigenvalue weighted by Crippen LogP contribution is -2.47. The van der Waals surface area contributed by atoms with Crippen LogP contribution in [0.3, 0.4) is 0 Å². The molecule has 1 N–H and O–H groups in total. The maximum Gasteiger partial charge on any atom is 0.340 e. The van der Waals surface area contributed by atoms with Crippen LogP contribution in [-0.2, 0) is 14.3 Å². The summed E-state index contributed by atoms with van der Waals surface area (Å²) < 4.78 is 7.64. The van der Waals surface area contributed by atoms with Crippen molar-refractivity contribution in [3.63, 3.8) is 0 Å². The molecule has 0 saturated heterocycles. The van der Waals surface area contributed by atoms with Gasteiger partial charge in [0.2, 0.25) is 5.91 Å². The lowest BCUT2D eigenvalue weighted by atomic mass is 10.1. The number of esters is 1. The van der Waals surface area contributed by atoms with Gasteiger partial charge in [-0.25, -0.2) is 4.79 Å². The van der Waals surface area contributed by atoms with Gasteiger partial charge in [0.25, 0.3) is 5.91 Å². The summed E-state index contributed by atoms with van der Waals surface area (Å²) >= 11 is 0. The second-order valence-electron chi connectivity index (χ2n) is 7.42. The number of para-hydroxylation sites is 2. The summed E-state index contributed by atoms with van der Waals surface area (Å²) in [5.74, 6) is -1.22. The number of nitrogens with zero attached hydrogens (tertiary/aromatic N) is 2. The summed E-state index contributed by atoms with van der Waals surface area (Å²) in [6.07, 6.45) is 1.24. The normalized spacial score (nSPS) is 17.0. The maximum atomic E-state index is 12.9. The van der Waals surface area contributed by atoms with Gasteiger partial charge in [-0.2, -0.15) is 0 Å². The van der Waals surface area contributed by atoms with E-state index in [9.17, 15) is 14.4 Å². The predicted molar refractivity (Wildman–Crippen MR) is 104 cm³/mol. The topological polar surface area (TPSA) is 80.6 Å². The fourth-order valence-electron chi connectivity index (χ4n) is 3.80. The predicted octanol–water partition coefficient (Wildman–Crippen LogP) is 2.97. The average molecular weight is 381 g/mol. The van der Waals surface area contributed by atoms with E-state index in [0.29, 0.717) is 23.0 Å². The molecule has 1 aromatic carbocycles. The molecule has 0 bridgehead atoms. The number of ether oxygens (including phenoxy) is 1. The Labute approximate surface area is 163 Å². The van der Waals surface area contributed by atoms with Crippen LogP contribution in [0, 0.1) is 13.8 Å². The number of hydrogen-bond acceptors (Lipinski definition) is 4. The second-order valence-corrected chi connectivity index (χ2v) is 7.42. The first-order valence-corrected chi connectivity index (χ1v) is 9.46. The zero-order chi connectivity index (χ0) is 20.0. The van der Waals surface area contributed by atoms with Crippen molar-refractivity contribution in [2.45, 2.75) is 45.8 Å². The largest absolute Gasteiger partial charge is 0.449 e. The van der Waals surface area contributed by atoms with Gasteiger partial charge in [-0.15, -0.1) is 0 Å². The summed E-state index contributed by atoms with van der Waals surface area (Å²) in [7, 11) is 0. The van der Waals surface area contributed by atoms with Crippen LogP contribution < -0.4 is 10.2 Å². The quantitative estimate of drug-likeness (QED) is 0.826. The van der Waals surface area contributed by atoms with Crippen LogP contribution in [0.25, 0.3) is 0 Å². The molecule has 146 valence electrons. The minimum Gasteiger partial charge on any atom is -0.449 e. The molecule has 2 aliphatic rings. The molecule has 2 aromatic rings. The molecule has 7 nitrogen and oxygen atoms in total. The van der Waals surface area contributed by atoms with Crippen molar-refractivity contribution in [3.8, 4) is 0 Å². The van der Waals surface area contributed by atoms with Gasteiger partial charge >= 0.3 is 5.97 Å². The first-order valence-electron chi connectivity index (χ1n) is 9.46. The van der Waals surface area contributed by atoms with Crippen LogP contribution in [0.1, 0.15) is 47.6 Å². The van der Waals surface area contributed by atoms with Crippen LogP contribution in [0.4, 0.5) is 11.4 Å². The van der Waals surface area contributed by atoms with E-state index in [2.05, 4.69) is 9.88 Å². The molecule has 0 unspecified atom stereocenters. The number of amides is 2. The van der Waals surface area contributed by atoms with Gasteiger partial charge in [0.15, 0.2) is 6.10 Å². The molecular formula is C21H23N3O4. The number of aromatic nitrogens is 1. The van der Waals surface area contributed by atoms with Crippen molar-refractivity contribution in [1.29, 1.82) is 0 Å². The highest BCUT2D eigenvalue weighted by Gasteiger charge is 2.33. The van der Waals surface area contributed by atoms with E-state index in [0.717, 1.165) is 24.2 Å². The monoisotopic (exact) mass is 381 g/mol. The molecule has 28 heavy (non-hydrogen) atoms. The molecule has 1 saturated carbocycles. The number of carbonyl (C=O) groups is 3. The van der Waals surface area contributed by atoms with E-state index < -0.39 is 18.0 Å². The van der Waals surface area contributed by atoms with E-state index in [4.69, 9.17) is 4.74 Å². The Bertz CT molecular complexity index is 974. The summed E-state index contributed by atoms with van der Waals surface area (Å²) in [6.45, 7) is 5.31. The van der Waals surface area contributed by atoms with Gasteiger partial charge in [0.05, 0.1) is 16.9 Å². The zero-order valence-corrected chi connectivity index (χ0v) is 16.2. The number of rotatable bonds is 4. The lowest BCUT2D eigenvalue weighted by Gasteiger charge is -2.30. The molecule has 1 aliphatic heterocycles. The molecule has 4 rings (SSSR count). The second kappa shape index (κ2) is 6.82. The first-order chi connectivity index (χ1) is 13.4. The fourth-order valence-corrected chi connectivity index (χ4v) is 3.80. The number of aryl methyl sites for hydroxylation is 1. The zero-order valence-electron chi connectivity index (χ0n) is 16.2. The Kier molecular flexibility index (Phi) is 4.45. The summed E-state index contributed by atoms with van der Waals surface area (Å²) in [5, 5.41) is 2.74. The minimum atomic E-state index is -1.00. The maximum absolute atomic E-state index is 12.9. The molecule has 1 aromatic heterocycles. The molecule has 7 heteroatoms. The Morgan fingerprint density at radius 3 is 2.64 bits per heavy atom. The Hall–Kier alpha value is -3.09. The lowest BCUT2D eigenvalue weighted by molar-refractivity contribution is -0.128. The van der Waals surface area contributed by atoms with E-state index in [1.54, 1.807) is 24.3 Å². The SMILES string of the molecule is Cc1cc(C(=O)O[C@H](C)C(=O)N2CC(=O)Nc3ccccc32)c(C)n1C1CC1. The smallest absolute Gasteiger partial charge is 0.340 e. The Morgan fingerprint density at radius 1 is 1.21 bits per heavy atom. The molecule has 1 atom stereocenters. The van der Waals surface area contributed by atoms with Gasteiger partial charge in [-0.3, -0.25) is 14.5 Å². The van der Waals surface area contributed by atoms with Gasteiger partial charge in [-0.05, 0) is 51.8 Å². The number of benzene rings is 1. The van der Waals surface area contributed by atoms with Crippen LogP contribution in [0.2, 0.25) is 0 Å². The van der Waals surface area contributed by atoms with Crippen molar-refractivity contribution in [2.75, 3.05) is 16.8 Å². The highest BCUT2D eigenvalue weighted by molar-refractivity contribution is 6.11. The van der Waals surface area contributed by atoms with Crippen molar-refractivity contribution >= 4 is 29.2 Å². The number of carbonyl (C=O) groups excluding carboxylic acids is 3. The van der Waals surface area contributed by atoms with Gasteiger partial charge < -0.3 is 14.6 Å². The molecule has 2 amide bonds. The van der Waals surface area contributed by atoms with E-state index in [-0.39, 0.29) is 12.5 Å². The molecule has 1 aliphatic carbocycles. The third kappa shape index (κ3) is 3.17. The molecule has 0 spiro atoms. The third-order valence-electron chi connectivity index (χ3n) is 5.28. The van der Waals surface area contributed by atoms with E-state index in [1.807, 2.05) is 19.9 Å². The molecular weight excluding hydrogens is 358 g/mol. The fraction of sp³-hybridized carbons (Fsp3) is 0.381. The van der Waals surface area contributed by atoms with Crippen molar-refractivity contribution in [1.82, 2.24) is 4.57 Å². The molecule has 2 heterocycles. The summed E-state index contributed by atoms with van der Waals surface area (Å²) in [6, 6.07) is 9.34. The van der Waals surface area contributed by atoms with Crippen molar-refractivity contribution in [3.05, 3.63) is 47.3 Å². The summed E-state index contributed by atoms with van der Waals surface area (Å²) in [4.78, 5) is 38.9. The highest BCUT2D eigenvalue weighted by atomic mass is 16.5. The minimum absolute atomic E-state index is 0.103. The van der Waals surface area contributed by atoms with Crippen LogP contribution in [0.5, 0.6) is 0 Å². The van der Waals surface area contributed by atoms with Gasteiger partial charge in [0, 0.05) is 17.4 Å². The van der Waals surface area contributed by atoms with Crippen molar-refractivity contribution in [2.24, 2.45) is 0 Å². The first kappa shape index (κ1) is 18.3. The van der Waals surface area contributed by atoms with E-state index in [1.165, 1.54) is 11.8 Å². The van der Waals surface area contributed by atoms with Crippen molar-refractivity contribution < 1.29 is 19.1 Å². The van der Waals surface area contributed by atoms with Crippen LogP contribution >= 0.6 is 0 Å². The highest BCUT2D eigenvalue weighted by Crippen LogP contribution is 2.38. The number of hydrogen-bond donors (Lipinski definition) is 1. The standard InChI is InChI=1S/C21H23N3O4/c1-12-10-16(13(2)24(12)15-8-9-15)21(27)28-14(3)20(26)23-11-19(25)22-17-6-4-5-7-18(17)23/h4-7,10,14-15H,8-9,11H2,1-3H3,(H,22,25)/t14-/m1/s1. The molecule has 0 radical (unpaired) electrons. The van der Waals surface area contributed by atoms with Crippen LogP contribution in [0.15, 0.2) is 30.3 Å². The Morgan fingerprint density at radius 2 is 1.93 bits per heavy atom. The number of anilines is 2. The molecule has 1 fully saturated rings. The van der Waals surface area contributed by atoms with E-state index >= 15 is 0 Å². The van der Waals surface area contributed by atoms with Crippen LogP contribution in [-0.4, -0.2) is 35.0 Å². The number of nitrogens with one attached hydrogen (secondary N) is 1.